The zero-order chi connectivity index (χ0) is 15.5. The number of nitrogens with zero attached hydrogens (tertiary/aromatic N) is 2. The van der Waals surface area contributed by atoms with E-state index in [-0.39, 0.29) is 5.91 Å². The molecule has 0 fully saturated rings. The van der Waals surface area contributed by atoms with E-state index < -0.39 is 0 Å². The molecule has 3 aromatic rings. The number of amides is 1. The topological polar surface area (TPSA) is 46.9 Å². The number of carbonyl (C=O) groups excluding carboxylic acids is 1. The molecule has 0 aliphatic rings. The molecule has 1 aromatic carbocycles. The minimum absolute atomic E-state index is 0.120. The largest absolute Gasteiger partial charge is 0.348 e. The first kappa shape index (κ1) is 14.6. The van der Waals surface area contributed by atoms with Gasteiger partial charge in [-0.15, -0.1) is 0 Å². The van der Waals surface area contributed by atoms with Crippen LogP contribution in [0.5, 0.6) is 0 Å². The third-order valence-corrected chi connectivity index (χ3v) is 3.99. The first-order chi connectivity index (χ1) is 10.7. The van der Waals surface area contributed by atoms with Crippen molar-refractivity contribution in [2.24, 2.45) is 0 Å². The maximum absolute atomic E-state index is 12.5. The number of aryl methyl sites for hydroxylation is 1. The van der Waals surface area contributed by atoms with E-state index in [9.17, 15) is 4.79 Å². The van der Waals surface area contributed by atoms with Crippen molar-refractivity contribution in [2.75, 3.05) is 0 Å². The van der Waals surface area contributed by atoms with Gasteiger partial charge >= 0.3 is 0 Å². The van der Waals surface area contributed by atoms with Crippen LogP contribution in [-0.4, -0.2) is 15.5 Å². The predicted octanol–water partition coefficient (Wildman–Crippen LogP) is 3.64. The highest BCUT2D eigenvalue weighted by molar-refractivity contribution is 6.31. The molecule has 4 nitrogen and oxygen atoms in total. The van der Waals surface area contributed by atoms with E-state index in [1.165, 1.54) is 0 Å². The van der Waals surface area contributed by atoms with Gasteiger partial charge in [-0.1, -0.05) is 29.8 Å². The molecule has 0 saturated heterocycles. The molecule has 1 amide bonds. The van der Waals surface area contributed by atoms with Crippen LogP contribution in [0.3, 0.4) is 0 Å². The molecule has 0 saturated carbocycles. The van der Waals surface area contributed by atoms with Gasteiger partial charge in [-0.2, -0.15) is 0 Å². The van der Waals surface area contributed by atoms with E-state index >= 15 is 0 Å². The molecule has 5 heteroatoms. The number of halogens is 1. The van der Waals surface area contributed by atoms with Crippen LogP contribution in [0.1, 0.15) is 22.8 Å². The van der Waals surface area contributed by atoms with Crippen molar-refractivity contribution in [3.05, 3.63) is 64.9 Å². The number of aromatic nitrogens is 2. The van der Waals surface area contributed by atoms with Crippen molar-refractivity contribution in [3.63, 3.8) is 0 Å². The van der Waals surface area contributed by atoms with E-state index in [0.29, 0.717) is 17.1 Å². The van der Waals surface area contributed by atoms with Crippen molar-refractivity contribution >= 4 is 28.5 Å². The number of hydrogen-bond acceptors (Lipinski definition) is 2. The number of rotatable bonds is 4. The number of nitrogens with one attached hydrogen (secondary N) is 1. The number of pyridine rings is 1. The molecule has 3 rings (SSSR count). The van der Waals surface area contributed by atoms with Crippen molar-refractivity contribution in [1.29, 1.82) is 0 Å². The maximum atomic E-state index is 12.5. The summed E-state index contributed by atoms with van der Waals surface area (Å²) in [5.41, 5.74) is 2.36. The molecule has 0 radical (unpaired) electrons. The van der Waals surface area contributed by atoms with Crippen LogP contribution in [0.15, 0.2) is 48.8 Å². The van der Waals surface area contributed by atoms with Gasteiger partial charge in [0.05, 0.1) is 5.56 Å². The van der Waals surface area contributed by atoms with Gasteiger partial charge in [0.15, 0.2) is 0 Å². The molecule has 0 spiro atoms. The summed E-state index contributed by atoms with van der Waals surface area (Å²) in [5, 5.41) is 4.44. The number of benzene rings is 1. The monoisotopic (exact) mass is 313 g/mol. The summed E-state index contributed by atoms with van der Waals surface area (Å²) in [5.74, 6) is -0.120. The Kier molecular flexibility index (Phi) is 4.11. The lowest BCUT2D eigenvalue weighted by atomic mass is 10.2. The Morgan fingerprint density at radius 2 is 2.09 bits per heavy atom. The van der Waals surface area contributed by atoms with Crippen LogP contribution >= 0.6 is 11.6 Å². The quantitative estimate of drug-likeness (QED) is 0.799. The summed E-state index contributed by atoms with van der Waals surface area (Å²) in [6.45, 7) is 3.20. The smallest absolute Gasteiger partial charge is 0.253 e. The van der Waals surface area contributed by atoms with E-state index in [2.05, 4.69) is 10.3 Å². The molecule has 0 unspecified atom stereocenters. The minimum Gasteiger partial charge on any atom is -0.348 e. The fourth-order valence-electron chi connectivity index (χ4n) is 2.46. The number of hydrogen-bond donors (Lipinski definition) is 1. The van der Waals surface area contributed by atoms with E-state index in [1.807, 2.05) is 54.1 Å². The Balaban J connectivity index is 1.85. The van der Waals surface area contributed by atoms with Crippen molar-refractivity contribution < 1.29 is 4.79 Å². The summed E-state index contributed by atoms with van der Waals surface area (Å²) in [7, 11) is 0. The molecule has 112 valence electrons. The summed E-state index contributed by atoms with van der Waals surface area (Å²) < 4.78 is 1.97. The Morgan fingerprint density at radius 3 is 2.86 bits per heavy atom. The zero-order valence-electron chi connectivity index (χ0n) is 12.2. The third-order valence-electron chi connectivity index (χ3n) is 3.62. The maximum Gasteiger partial charge on any atom is 0.253 e. The molecule has 1 N–H and O–H groups in total. The second-order valence-electron chi connectivity index (χ2n) is 4.98. The fourth-order valence-corrected chi connectivity index (χ4v) is 2.66. The van der Waals surface area contributed by atoms with Crippen molar-refractivity contribution in [3.8, 4) is 0 Å². The second kappa shape index (κ2) is 6.20. The van der Waals surface area contributed by atoms with Crippen LogP contribution in [0.25, 0.3) is 11.0 Å². The highest BCUT2D eigenvalue weighted by Gasteiger charge is 2.15. The first-order valence-electron chi connectivity index (χ1n) is 7.16. The van der Waals surface area contributed by atoms with Crippen molar-refractivity contribution in [2.45, 2.75) is 20.0 Å². The van der Waals surface area contributed by atoms with Gasteiger partial charge < -0.3 is 9.88 Å². The lowest BCUT2D eigenvalue weighted by Gasteiger charge is -2.06. The average molecular weight is 314 g/mol. The van der Waals surface area contributed by atoms with Crippen LogP contribution in [0.4, 0.5) is 0 Å². The van der Waals surface area contributed by atoms with Crippen LogP contribution in [0, 0.1) is 0 Å². The Morgan fingerprint density at radius 1 is 1.27 bits per heavy atom. The van der Waals surface area contributed by atoms with Crippen LogP contribution in [0.2, 0.25) is 5.02 Å². The van der Waals surface area contributed by atoms with Gasteiger partial charge in [0.2, 0.25) is 0 Å². The molecule has 22 heavy (non-hydrogen) atoms. The van der Waals surface area contributed by atoms with Crippen LogP contribution in [-0.2, 0) is 13.1 Å². The van der Waals surface area contributed by atoms with Gasteiger partial charge in [0, 0.05) is 35.9 Å². The van der Waals surface area contributed by atoms with Crippen molar-refractivity contribution in [1.82, 2.24) is 14.9 Å². The van der Waals surface area contributed by atoms with E-state index in [0.717, 1.165) is 23.1 Å². The second-order valence-corrected chi connectivity index (χ2v) is 5.38. The normalized spacial score (nSPS) is 10.8. The molecule has 0 aliphatic heterocycles. The van der Waals surface area contributed by atoms with Gasteiger partial charge in [0.25, 0.3) is 5.91 Å². The zero-order valence-corrected chi connectivity index (χ0v) is 13.0. The Hall–Kier alpha value is -2.33. The van der Waals surface area contributed by atoms with Gasteiger partial charge in [-0.25, -0.2) is 4.98 Å². The predicted molar refractivity (Wildman–Crippen MR) is 88.0 cm³/mol. The lowest BCUT2D eigenvalue weighted by Crippen LogP contribution is -2.22. The minimum atomic E-state index is -0.120. The first-order valence-corrected chi connectivity index (χ1v) is 7.54. The molecular formula is C17H16ClN3O. The average Bonchev–Trinajstić information content (AvgIpc) is 2.93. The SMILES string of the molecule is CCn1cc(C(=O)NCc2ccccc2Cl)c2cccnc21. The van der Waals surface area contributed by atoms with Gasteiger partial charge in [0.1, 0.15) is 5.65 Å². The molecular weight excluding hydrogens is 298 g/mol. The summed E-state index contributed by atoms with van der Waals surface area (Å²) in [4.78, 5) is 16.8. The number of carbonyl (C=O) groups is 1. The summed E-state index contributed by atoms with van der Waals surface area (Å²) in [6, 6.07) is 11.2. The summed E-state index contributed by atoms with van der Waals surface area (Å²) in [6.07, 6.45) is 3.58. The highest BCUT2D eigenvalue weighted by atomic mass is 35.5. The van der Waals surface area contributed by atoms with E-state index in [1.54, 1.807) is 6.20 Å². The summed E-state index contributed by atoms with van der Waals surface area (Å²) >= 11 is 6.11. The van der Waals surface area contributed by atoms with Crippen LogP contribution < -0.4 is 5.32 Å². The molecule has 2 heterocycles. The Labute approximate surface area is 133 Å². The highest BCUT2D eigenvalue weighted by Crippen LogP contribution is 2.20. The molecule has 0 aliphatic carbocycles. The fraction of sp³-hybridized carbons (Fsp3) is 0.176. The van der Waals surface area contributed by atoms with Gasteiger partial charge in [-0.05, 0) is 30.7 Å². The molecule has 0 atom stereocenters. The molecule has 0 bridgehead atoms. The van der Waals surface area contributed by atoms with Gasteiger partial charge in [-0.3, -0.25) is 4.79 Å². The Bertz CT molecular complexity index is 826. The third kappa shape index (κ3) is 2.70. The number of fused-ring (bicyclic) bond motifs is 1. The molecule has 2 aromatic heterocycles. The standard InChI is InChI=1S/C17H16ClN3O/c1-2-21-11-14(13-7-5-9-19-16(13)21)17(22)20-10-12-6-3-4-8-15(12)18/h3-9,11H,2,10H2,1H3,(H,20,22). The lowest BCUT2D eigenvalue weighted by molar-refractivity contribution is 0.0952. The van der Waals surface area contributed by atoms with E-state index in [4.69, 9.17) is 11.6 Å².